The first-order valence-corrected chi connectivity index (χ1v) is 9.85. The summed E-state index contributed by atoms with van der Waals surface area (Å²) in [4.78, 5) is 21.7. The number of nitrogens with one attached hydrogen (secondary N) is 3. The van der Waals surface area contributed by atoms with Gasteiger partial charge in [0.2, 0.25) is 0 Å². The fourth-order valence-corrected chi connectivity index (χ4v) is 3.16. The van der Waals surface area contributed by atoms with E-state index < -0.39 is 0 Å². The molecule has 0 atom stereocenters. The molecular weight excluding hydrogens is 388 g/mol. The Labute approximate surface area is 172 Å². The van der Waals surface area contributed by atoms with Crippen LogP contribution in [0.1, 0.15) is 47.4 Å². The van der Waals surface area contributed by atoms with Crippen molar-refractivity contribution in [3.8, 4) is 0 Å². The third kappa shape index (κ3) is 4.84. The number of H-pyrrole nitrogens is 1. The number of hydrogen-bond acceptors (Lipinski definition) is 8. The Morgan fingerprint density at radius 3 is 2.72 bits per heavy atom. The molecule has 10 heteroatoms. The number of pyridine rings is 1. The summed E-state index contributed by atoms with van der Waals surface area (Å²) in [7, 11) is 0. The van der Waals surface area contributed by atoms with Crippen LogP contribution >= 0.6 is 11.3 Å². The molecule has 0 aliphatic carbocycles. The number of amides is 1. The number of anilines is 2. The average Bonchev–Trinajstić information content (AvgIpc) is 3.33. The smallest absolute Gasteiger partial charge is 0.258 e. The molecule has 0 saturated heterocycles. The lowest BCUT2D eigenvalue weighted by Crippen LogP contribution is -2.36. The van der Waals surface area contributed by atoms with Crippen LogP contribution in [0, 0.1) is 12.3 Å². The number of carbonyl (C=O) groups is 1. The van der Waals surface area contributed by atoms with Crippen LogP contribution in [0.25, 0.3) is 0 Å². The van der Waals surface area contributed by atoms with E-state index >= 15 is 0 Å². The Morgan fingerprint density at radius 2 is 2.10 bits per heavy atom. The quantitative estimate of drug-likeness (QED) is 0.279. The van der Waals surface area contributed by atoms with Gasteiger partial charge in [0.25, 0.3) is 5.91 Å². The van der Waals surface area contributed by atoms with Gasteiger partial charge in [-0.05, 0) is 13.0 Å². The average molecular weight is 413 g/mol. The predicted octanol–water partition coefficient (Wildman–Crippen LogP) is 2.87. The molecule has 0 unspecified atom stereocenters. The predicted molar refractivity (Wildman–Crippen MR) is 115 cm³/mol. The minimum absolute atomic E-state index is 0.100. The Morgan fingerprint density at radius 1 is 1.34 bits per heavy atom. The van der Waals surface area contributed by atoms with Gasteiger partial charge < -0.3 is 15.7 Å². The Hall–Kier alpha value is -3.11. The van der Waals surface area contributed by atoms with Crippen molar-refractivity contribution in [1.29, 1.82) is 5.41 Å². The molecule has 1 amide bonds. The van der Waals surface area contributed by atoms with E-state index in [-0.39, 0.29) is 17.9 Å². The van der Waals surface area contributed by atoms with E-state index in [0.29, 0.717) is 28.5 Å². The minimum atomic E-state index is -0.336. The third-order valence-corrected chi connectivity index (χ3v) is 5.15. The summed E-state index contributed by atoms with van der Waals surface area (Å²) in [5, 5.41) is 19.4. The van der Waals surface area contributed by atoms with Crippen molar-refractivity contribution in [3.63, 3.8) is 0 Å². The van der Waals surface area contributed by atoms with Crippen molar-refractivity contribution in [3.05, 3.63) is 51.9 Å². The molecule has 3 aromatic rings. The summed E-state index contributed by atoms with van der Waals surface area (Å²) < 4.78 is 0. The summed E-state index contributed by atoms with van der Waals surface area (Å²) in [5.41, 5.74) is 4.42. The first kappa shape index (κ1) is 20.6. The van der Waals surface area contributed by atoms with Crippen LogP contribution in [0.15, 0.2) is 30.0 Å². The van der Waals surface area contributed by atoms with Crippen LogP contribution < -0.4 is 16.2 Å². The van der Waals surface area contributed by atoms with Crippen LogP contribution in [0.2, 0.25) is 0 Å². The summed E-state index contributed by atoms with van der Waals surface area (Å²) in [6, 6.07) is 3.47. The lowest BCUT2D eigenvalue weighted by molar-refractivity contribution is 0.102. The van der Waals surface area contributed by atoms with E-state index in [0.717, 1.165) is 10.6 Å². The lowest BCUT2D eigenvalue weighted by Gasteiger charge is -2.20. The van der Waals surface area contributed by atoms with Gasteiger partial charge in [0.15, 0.2) is 5.82 Å². The van der Waals surface area contributed by atoms with Crippen molar-refractivity contribution in [2.24, 2.45) is 5.84 Å². The van der Waals surface area contributed by atoms with Gasteiger partial charge >= 0.3 is 0 Å². The maximum absolute atomic E-state index is 12.7. The zero-order valence-corrected chi connectivity index (χ0v) is 17.6. The van der Waals surface area contributed by atoms with Crippen molar-refractivity contribution in [1.82, 2.24) is 20.2 Å². The highest BCUT2D eigenvalue weighted by Crippen LogP contribution is 2.23. The Bertz CT molecular complexity index is 1020. The molecule has 29 heavy (non-hydrogen) atoms. The molecular formula is C19H24N8OS. The van der Waals surface area contributed by atoms with Crippen molar-refractivity contribution < 1.29 is 4.79 Å². The Balaban J connectivity index is 1.74. The van der Waals surface area contributed by atoms with Crippen LogP contribution in [-0.2, 0) is 5.41 Å². The van der Waals surface area contributed by atoms with Crippen LogP contribution in [-0.4, -0.2) is 38.3 Å². The zero-order chi connectivity index (χ0) is 21.2. The molecule has 5 N–H and O–H groups in total. The van der Waals surface area contributed by atoms with Crippen LogP contribution in [0.5, 0.6) is 0 Å². The van der Waals surface area contributed by atoms with E-state index in [1.165, 1.54) is 22.5 Å². The van der Waals surface area contributed by atoms with Gasteiger partial charge in [-0.15, -0.1) is 11.3 Å². The van der Waals surface area contributed by atoms with Crippen LogP contribution in [0.3, 0.4) is 0 Å². The zero-order valence-electron chi connectivity index (χ0n) is 16.8. The van der Waals surface area contributed by atoms with Gasteiger partial charge in [-0.2, -0.15) is 5.10 Å². The largest absolute Gasteiger partial charge is 0.305 e. The summed E-state index contributed by atoms with van der Waals surface area (Å²) >= 11 is 1.38. The molecule has 0 aromatic carbocycles. The maximum atomic E-state index is 12.7. The number of rotatable bonds is 6. The van der Waals surface area contributed by atoms with E-state index in [4.69, 9.17) is 11.3 Å². The number of aryl methyl sites for hydroxylation is 1. The summed E-state index contributed by atoms with van der Waals surface area (Å²) in [6.45, 7) is 8.15. The Kier molecular flexibility index (Phi) is 5.76. The molecule has 3 heterocycles. The number of hydrazine groups is 1. The highest BCUT2D eigenvalue weighted by Gasteiger charge is 2.19. The van der Waals surface area contributed by atoms with Crippen molar-refractivity contribution in [2.45, 2.75) is 33.1 Å². The number of hydrogen-bond donors (Lipinski definition) is 4. The van der Waals surface area contributed by atoms with Gasteiger partial charge in [0, 0.05) is 29.6 Å². The lowest BCUT2D eigenvalue weighted by atomic mass is 9.92. The maximum Gasteiger partial charge on any atom is 0.258 e. The molecule has 152 valence electrons. The van der Waals surface area contributed by atoms with E-state index in [1.807, 2.05) is 6.07 Å². The first-order chi connectivity index (χ1) is 13.6. The fourth-order valence-electron chi connectivity index (χ4n) is 2.59. The van der Waals surface area contributed by atoms with Crippen LogP contribution in [0.4, 0.5) is 11.5 Å². The fraction of sp³-hybridized carbons (Fsp3) is 0.316. The topological polar surface area (TPSA) is 137 Å². The highest BCUT2D eigenvalue weighted by atomic mass is 32.1. The summed E-state index contributed by atoms with van der Waals surface area (Å²) in [6.07, 6.45) is 3.12. The third-order valence-electron chi connectivity index (χ3n) is 4.32. The van der Waals surface area contributed by atoms with Crippen molar-refractivity contribution in [2.75, 3.05) is 16.9 Å². The minimum Gasteiger partial charge on any atom is -0.305 e. The van der Waals surface area contributed by atoms with Gasteiger partial charge in [-0.1, -0.05) is 20.8 Å². The van der Waals surface area contributed by atoms with Gasteiger partial charge in [0.05, 0.1) is 39.6 Å². The molecule has 3 aromatic heterocycles. The van der Waals surface area contributed by atoms with Crippen molar-refractivity contribution >= 4 is 34.5 Å². The van der Waals surface area contributed by atoms with Gasteiger partial charge in [-0.25, -0.2) is 5.84 Å². The first-order valence-electron chi connectivity index (χ1n) is 8.97. The van der Waals surface area contributed by atoms with Gasteiger partial charge in [-0.3, -0.25) is 19.9 Å². The number of aromatic nitrogens is 4. The molecule has 9 nitrogen and oxygen atoms in total. The van der Waals surface area contributed by atoms with E-state index in [2.05, 4.69) is 46.3 Å². The second-order valence-corrected chi connectivity index (χ2v) is 8.56. The standard InChI is InChI=1S/C19H24N8OS/c1-11-14(27(21)9-13(20)15-8-22-10-29-15)5-12(7-23-11)18(28)24-17-6-16(25-26-17)19(2,3)4/h5-8,10,20H,9,21H2,1-4H3,(H2,24,25,26,28). The molecule has 0 spiro atoms. The normalized spacial score (nSPS) is 11.3. The number of nitrogens with zero attached hydrogens (tertiary/aromatic N) is 4. The monoisotopic (exact) mass is 412 g/mol. The number of thiazole rings is 1. The molecule has 0 radical (unpaired) electrons. The van der Waals surface area contributed by atoms with Gasteiger partial charge in [0.1, 0.15) is 0 Å². The molecule has 0 fully saturated rings. The van der Waals surface area contributed by atoms with E-state index in [9.17, 15) is 4.79 Å². The number of aromatic amines is 1. The molecule has 0 saturated carbocycles. The second kappa shape index (κ2) is 8.10. The highest BCUT2D eigenvalue weighted by molar-refractivity contribution is 7.11. The molecule has 0 aliphatic heterocycles. The summed E-state index contributed by atoms with van der Waals surface area (Å²) in [5.74, 6) is 6.27. The second-order valence-electron chi connectivity index (χ2n) is 7.67. The molecule has 0 bridgehead atoms. The number of carbonyl (C=O) groups excluding carboxylic acids is 1. The molecule has 0 aliphatic rings. The number of nitrogens with two attached hydrogens (primary N) is 1. The molecule has 3 rings (SSSR count). The SMILES string of the molecule is Cc1ncc(C(=O)Nc2cc(C(C)(C)C)[nH]n2)cc1N(N)CC(=N)c1cncs1. The van der Waals surface area contributed by atoms with E-state index in [1.54, 1.807) is 24.7 Å².